The minimum Gasteiger partial charge on any atom is -0.304 e. The third-order valence-corrected chi connectivity index (χ3v) is 6.21. The predicted molar refractivity (Wildman–Crippen MR) is 76.7 cm³/mol. The zero-order valence-corrected chi connectivity index (χ0v) is 13.5. The Labute approximate surface area is 125 Å². The number of likely N-dealkylation sites (N-methyl/N-ethyl adjacent to an activating group) is 1. The lowest BCUT2D eigenvalue weighted by Gasteiger charge is -2.31. The Morgan fingerprint density at radius 3 is 2.35 bits per heavy atom. The predicted octanol–water partition coefficient (Wildman–Crippen LogP) is 1.36. The lowest BCUT2D eigenvalue weighted by Crippen LogP contribution is -2.47. The Morgan fingerprint density at radius 2 is 1.80 bits per heavy atom. The molecule has 0 amide bonds. The first-order valence-electron chi connectivity index (χ1n) is 5.98. The van der Waals surface area contributed by atoms with Crippen LogP contribution in [-0.2, 0) is 10.0 Å². The second-order valence-electron chi connectivity index (χ2n) is 4.35. The van der Waals surface area contributed by atoms with Crippen LogP contribution in [-0.4, -0.2) is 67.9 Å². The molecule has 5 nitrogen and oxygen atoms in total. The maximum Gasteiger partial charge on any atom is 0.456 e. The highest BCUT2D eigenvalue weighted by molar-refractivity contribution is 8.13. The molecule has 1 aliphatic heterocycles. The number of piperazine rings is 1. The van der Waals surface area contributed by atoms with Crippen LogP contribution in [0.2, 0.25) is 0 Å². The van der Waals surface area contributed by atoms with E-state index in [9.17, 15) is 21.6 Å². The van der Waals surface area contributed by atoms with Gasteiger partial charge in [-0.3, -0.25) is 0 Å². The number of hydrogen-bond donors (Lipinski definition) is 1. The van der Waals surface area contributed by atoms with E-state index in [1.165, 1.54) is 4.31 Å². The van der Waals surface area contributed by atoms with E-state index < -0.39 is 15.5 Å². The molecule has 0 aromatic carbocycles. The van der Waals surface area contributed by atoms with Gasteiger partial charge in [0.05, 0.1) is 5.75 Å². The van der Waals surface area contributed by atoms with Crippen molar-refractivity contribution in [1.29, 1.82) is 0 Å². The van der Waals surface area contributed by atoms with Crippen molar-refractivity contribution in [2.75, 3.05) is 44.7 Å². The number of alkyl halides is 3. The average Bonchev–Trinajstić information content (AvgIpc) is 2.33. The topological polar surface area (TPSA) is 52.7 Å². The van der Waals surface area contributed by atoms with Crippen LogP contribution in [0.5, 0.6) is 0 Å². The van der Waals surface area contributed by atoms with Crippen LogP contribution in [0.3, 0.4) is 0 Å². The quantitative estimate of drug-likeness (QED) is 0.551. The fourth-order valence-corrected chi connectivity index (χ4v) is 4.53. The number of halogens is 3. The third-order valence-electron chi connectivity index (χ3n) is 2.72. The number of rotatable bonds is 7. The Balaban J connectivity index is 2.17. The summed E-state index contributed by atoms with van der Waals surface area (Å²) < 4.78 is 62.9. The summed E-state index contributed by atoms with van der Waals surface area (Å²) in [6.45, 7) is 2.37. The molecule has 0 aliphatic carbocycles. The Kier molecular flexibility index (Phi) is 7.43. The second-order valence-corrected chi connectivity index (χ2v) is 8.47. The Morgan fingerprint density at radius 1 is 1.20 bits per heavy atom. The van der Waals surface area contributed by atoms with Gasteiger partial charge in [-0.15, -0.1) is 0 Å². The molecule has 120 valence electrons. The van der Waals surface area contributed by atoms with E-state index in [1.54, 1.807) is 0 Å². The molecule has 1 saturated heterocycles. The van der Waals surface area contributed by atoms with Crippen LogP contribution in [0.1, 0.15) is 6.42 Å². The van der Waals surface area contributed by atoms with Crippen LogP contribution in [0, 0.1) is 0 Å². The fraction of sp³-hybridized carbons (Fsp3) is 1.00. The van der Waals surface area contributed by atoms with E-state index in [2.05, 4.69) is 9.03 Å². The molecular weight excluding hydrogens is 335 g/mol. The van der Waals surface area contributed by atoms with Gasteiger partial charge in [-0.25, -0.2) is 12.5 Å². The molecule has 11 heteroatoms. The molecule has 0 unspecified atom stereocenters. The summed E-state index contributed by atoms with van der Waals surface area (Å²) in [5.74, 6) is 0.290. The molecule has 0 radical (unpaired) electrons. The maximum absolute atomic E-state index is 12.0. The highest BCUT2D eigenvalue weighted by Gasteiger charge is 2.28. The van der Waals surface area contributed by atoms with Gasteiger partial charge in [-0.2, -0.15) is 17.5 Å². The summed E-state index contributed by atoms with van der Waals surface area (Å²) in [5.41, 5.74) is -4.32. The van der Waals surface area contributed by atoms with E-state index >= 15 is 0 Å². The fourth-order valence-electron chi connectivity index (χ4n) is 1.63. The molecule has 0 aromatic heterocycles. The SMILES string of the molecule is CN1CCN(S(=O)(=O)CCCSNSC(F)(F)F)CC1. The van der Waals surface area contributed by atoms with Crippen LogP contribution in [0.15, 0.2) is 0 Å². The zero-order chi connectivity index (χ0) is 15.2. The van der Waals surface area contributed by atoms with Gasteiger partial charge in [0.2, 0.25) is 10.0 Å². The number of hydrogen-bond acceptors (Lipinski definition) is 6. The highest BCUT2D eigenvalue weighted by Crippen LogP contribution is 2.28. The molecule has 0 saturated carbocycles. The van der Waals surface area contributed by atoms with Crippen LogP contribution < -0.4 is 4.13 Å². The second kappa shape index (κ2) is 8.08. The van der Waals surface area contributed by atoms with Gasteiger partial charge in [-0.05, 0) is 13.5 Å². The van der Waals surface area contributed by atoms with E-state index in [0.29, 0.717) is 38.4 Å². The molecule has 0 aromatic rings. The first-order valence-corrected chi connectivity index (χ1v) is 9.40. The average molecular weight is 353 g/mol. The van der Waals surface area contributed by atoms with Gasteiger partial charge in [0.15, 0.2) is 0 Å². The molecule has 20 heavy (non-hydrogen) atoms. The van der Waals surface area contributed by atoms with Crippen LogP contribution >= 0.6 is 23.9 Å². The molecule has 1 heterocycles. The molecule has 1 N–H and O–H groups in total. The first-order chi connectivity index (χ1) is 9.21. The summed E-state index contributed by atoms with van der Waals surface area (Å²) >= 11 is 0.537. The highest BCUT2D eigenvalue weighted by atomic mass is 32.2. The summed E-state index contributed by atoms with van der Waals surface area (Å²) in [4.78, 5) is 2.06. The molecule has 0 spiro atoms. The minimum absolute atomic E-state index is 0.0257. The van der Waals surface area contributed by atoms with Gasteiger partial charge in [0.1, 0.15) is 0 Å². The molecular formula is C9H18F3N3O2S3. The smallest absolute Gasteiger partial charge is 0.304 e. The van der Waals surface area contributed by atoms with Gasteiger partial charge < -0.3 is 4.90 Å². The van der Waals surface area contributed by atoms with Crippen molar-refractivity contribution in [3.8, 4) is 0 Å². The summed E-state index contributed by atoms with van der Waals surface area (Å²) in [6, 6.07) is 0. The van der Waals surface area contributed by atoms with E-state index in [1.807, 2.05) is 7.05 Å². The Bertz CT molecular complexity index is 384. The zero-order valence-electron chi connectivity index (χ0n) is 11.0. The normalized spacial score (nSPS) is 19.4. The van der Waals surface area contributed by atoms with Gasteiger partial charge in [0, 0.05) is 43.9 Å². The lowest BCUT2D eigenvalue weighted by atomic mass is 10.4. The van der Waals surface area contributed by atoms with Crippen LogP contribution in [0.25, 0.3) is 0 Å². The van der Waals surface area contributed by atoms with Crippen molar-refractivity contribution < 1.29 is 21.6 Å². The van der Waals surface area contributed by atoms with Crippen molar-refractivity contribution in [2.45, 2.75) is 11.9 Å². The lowest BCUT2D eigenvalue weighted by molar-refractivity contribution is -0.0331. The van der Waals surface area contributed by atoms with E-state index in [-0.39, 0.29) is 17.7 Å². The van der Waals surface area contributed by atoms with E-state index in [4.69, 9.17) is 0 Å². The van der Waals surface area contributed by atoms with E-state index in [0.717, 1.165) is 11.9 Å². The van der Waals surface area contributed by atoms with Crippen molar-refractivity contribution in [3.05, 3.63) is 0 Å². The molecule has 1 fully saturated rings. The third kappa shape index (κ3) is 7.36. The van der Waals surface area contributed by atoms with Crippen molar-refractivity contribution in [2.24, 2.45) is 0 Å². The minimum atomic E-state index is -4.32. The van der Waals surface area contributed by atoms with Gasteiger partial charge in [0.25, 0.3) is 0 Å². The molecule has 0 bridgehead atoms. The van der Waals surface area contributed by atoms with Gasteiger partial charge >= 0.3 is 5.51 Å². The largest absolute Gasteiger partial charge is 0.456 e. The van der Waals surface area contributed by atoms with Crippen molar-refractivity contribution in [1.82, 2.24) is 13.3 Å². The molecule has 0 atom stereocenters. The maximum atomic E-state index is 12.0. The van der Waals surface area contributed by atoms with Crippen molar-refractivity contribution in [3.63, 3.8) is 0 Å². The first kappa shape index (κ1) is 18.4. The molecule has 1 aliphatic rings. The van der Waals surface area contributed by atoms with Crippen molar-refractivity contribution >= 4 is 33.9 Å². The number of sulfonamides is 1. The summed E-state index contributed by atoms with van der Waals surface area (Å²) in [5, 5.41) is 0. The standard InChI is InChI=1S/C9H18F3N3O2S3/c1-14-3-5-15(6-4-14)20(16,17)8-2-7-18-13-19-9(10,11)12/h13H,2-8H2,1H3. The Hall–Kier alpha value is 0.320. The van der Waals surface area contributed by atoms with Crippen LogP contribution in [0.4, 0.5) is 13.2 Å². The number of nitrogens with one attached hydrogen (secondary N) is 1. The monoisotopic (exact) mass is 353 g/mol. The summed E-state index contributed by atoms with van der Waals surface area (Å²) in [7, 11) is -1.35. The molecule has 1 rings (SSSR count). The van der Waals surface area contributed by atoms with Gasteiger partial charge in [-0.1, -0.05) is 11.9 Å². The summed E-state index contributed by atoms with van der Waals surface area (Å²) in [6.07, 6.45) is 0.324. The number of nitrogens with zero attached hydrogens (tertiary/aromatic N) is 2.